The first-order chi connectivity index (χ1) is 8.49. The lowest BCUT2D eigenvalue weighted by molar-refractivity contribution is -0.151. The maximum absolute atomic E-state index is 11.7. The first kappa shape index (κ1) is 15.4. The fourth-order valence-electron chi connectivity index (χ4n) is 2.50. The Morgan fingerprint density at radius 3 is 2.78 bits per heavy atom. The van der Waals surface area contributed by atoms with Crippen LogP contribution in [0.25, 0.3) is 0 Å². The molecule has 0 aromatic carbocycles. The minimum absolute atomic E-state index is 0.115. The number of esters is 1. The highest BCUT2D eigenvalue weighted by molar-refractivity contribution is 5.76. The van der Waals surface area contributed by atoms with Crippen LogP contribution in [0.3, 0.4) is 0 Å². The molecule has 1 aliphatic rings. The third kappa shape index (κ3) is 4.55. The maximum Gasteiger partial charge on any atom is 0.312 e. The molecule has 1 heterocycles. The first-order valence-corrected chi connectivity index (χ1v) is 6.64. The fourth-order valence-corrected chi connectivity index (χ4v) is 2.50. The summed E-state index contributed by atoms with van der Waals surface area (Å²) in [7, 11) is 1.42. The van der Waals surface area contributed by atoms with Crippen molar-refractivity contribution in [3.05, 3.63) is 0 Å². The van der Waals surface area contributed by atoms with E-state index in [1.54, 1.807) is 0 Å². The molecular weight excluding hydrogens is 232 g/mol. The van der Waals surface area contributed by atoms with E-state index in [1.807, 2.05) is 13.8 Å². The van der Waals surface area contributed by atoms with E-state index >= 15 is 0 Å². The Balaban J connectivity index is 2.52. The van der Waals surface area contributed by atoms with E-state index in [-0.39, 0.29) is 12.6 Å². The molecule has 0 radical (unpaired) electrons. The monoisotopic (exact) mass is 258 g/mol. The van der Waals surface area contributed by atoms with Crippen molar-refractivity contribution in [2.24, 2.45) is 5.41 Å². The Labute approximate surface area is 109 Å². The van der Waals surface area contributed by atoms with E-state index in [4.69, 9.17) is 9.84 Å². The largest absolute Gasteiger partial charge is 0.469 e. The van der Waals surface area contributed by atoms with Crippen molar-refractivity contribution in [2.75, 3.05) is 39.9 Å². The number of carbonyl (C=O) groups excluding carboxylic acids is 1. The minimum atomic E-state index is -0.539. The second kappa shape index (κ2) is 7.07. The van der Waals surface area contributed by atoms with Crippen molar-refractivity contribution >= 4 is 5.97 Å². The molecule has 0 bridgehead atoms. The summed E-state index contributed by atoms with van der Waals surface area (Å²) in [6.45, 7) is 7.02. The predicted octanol–water partition coefficient (Wildman–Crippen LogP) is 0.232. The van der Waals surface area contributed by atoms with Crippen LogP contribution >= 0.6 is 0 Å². The smallest absolute Gasteiger partial charge is 0.312 e. The summed E-state index contributed by atoms with van der Waals surface area (Å²) < 4.78 is 4.82. The van der Waals surface area contributed by atoms with Gasteiger partial charge in [-0.2, -0.15) is 0 Å². The average molecular weight is 258 g/mol. The van der Waals surface area contributed by atoms with Gasteiger partial charge in [0.1, 0.15) is 0 Å². The molecule has 5 nitrogen and oxygen atoms in total. The average Bonchev–Trinajstić information content (AvgIpc) is 2.80. The number of hydrogen-bond acceptors (Lipinski definition) is 5. The van der Waals surface area contributed by atoms with Crippen LogP contribution in [0.4, 0.5) is 0 Å². The molecule has 0 amide bonds. The number of methoxy groups -OCH3 is 1. The second-order valence-electron chi connectivity index (χ2n) is 5.63. The summed E-state index contributed by atoms with van der Waals surface area (Å²) in [5, 5.41) is 12.6. The molecule has 1 unspecified atom stereocenters. The highest BCUT2D eigenvalue weighted by atomic mass is 16.5. The lowest BCUT2D eigenvalue weighted by atomic mass is 9.92. The van der Waals surface area contributed by atoms with Crippen LogP contribution in [0, 0.1) is 5.41 Å². The molecule has 18 heavy (non-hydrogen) atoms. The van der Waals surface area contributed by atoms with E-state index in [2.05, 4.69) is 10.2 Å². The summed E-state index contributed by atoms with van der Waals surface area (Å²) in [4.78, 5) is 13.8. The van der Waals surface area contributed by atoms with Crippen LogP contribution in [0.5, 0.6) is 0 Å². The van der Waals surface area contributed by atoms with Crippen LogP contribution in [-0.2, 0) is 9.53 Å². The number of nitrogens with one attached hydrogen (secondary N) is 1. The maximum atomic E-state index is 11.7. The fraction of sp³-hybridized carbons (Fsp3) is 0.923. The Morgan fingerprint density at radius 1 is 1.56 bits per heavy atom. The van der Waals surface area contributed by atoms with Crippen molar-refractivity contribution in [2.45, 2.75) is 32.7 Å². The third-order valence-electron chi connectivity index (χ3n) is 3.41. The van der Waals surface area contributed by atoms with Gasteiger partial charge in [0.15, 0.2) is 0 Å². The summed E-state index contributed by atoms with van der Waals surface area (Å²) >= 11 is 0. The van der Waals surface area contributed by atoms with Crippen molar-refractivity contribution in [3.63, 3.8) is 0 Å². The van der Waals surface area contributed by atoms with Gasteiger partial charge >= 0.3 is 5.97 Å². The van der Waals surface area contributed by atoms with Crippen LogP contribution in [-0.4, -0.2) is 61.9 Å². The number of aliphatic hydroxyl groups excluding tert-OH is 1. The summed E-state index contributed by atoms with van der Waals surface area (Å²) in [5.41, 5.74) is -0.539. The van der Waals surface area contributed by atoms with Crippen LogP contribution in [0.1, 0.15) is 26.7 Å². The highest BCUT2D eigenvalue weighted by Crippen LogP contribution is 2.19. The molecule has 106 valence electrons. The quantitative estimate of drug-likeness (QED) is 0.640. The van der Waals surface area contributed by atoms with E-state index in [0.29, 0.717) is 19.1 Å². The van der Waals surface area contributed by atoms with Gasteiger partial charge in [-0.1, -0.05) is 0 Å². The molecule has 2 N–H and O–H groups in total. The Kier molecular flexibility index (Phi) is 6.05. The highest BCUT2D eigenvalue weighted by Gasteiger charge is 2.32. The predicted molar refractivity (Wildman–Crippen MR) is 70.3 cm³/mol. The van der Waals surface area contributed by atoms with Crippen molar-refractivity contribution in [3.8, 4) is 0 Å². The Hall–Kier alpha value is -0.650. The molecular formula is C13H26N2O3. The zero-order valence-corrected chi connectivity index (χ0v) is 11.7. The normalized spacial score (nSPS) is 20.4. The van der Waals surface area contributed by atoms with Gasteiger partial charge in [0.05, 0.1) is 19.1 Å². The Bertz CT molecular complexity index is 263. The molecule has 0 saturated carbocycles. The van der Waals surface area contributed by atoms with Crippen molar-refractivity contribution < 1.29 is 14.6 Å². The minimum Gasteiger partial charge on any atom is -0.469 e. The van der Waals surface area contributed by atoms with Gasteiger partial charge in [0, 0.05) is 25.7 Å². The number of aliphatic hydroxyl groups is 1. The summed E-state index contributed by atoms with van der Waals surface area (Å²) in [6.07, 6.45) is 2.37. The van der Waals surface area contributed by atoms with E-state index in [9.17, 15) is 4.79 Å². The molecule has 1 aliphatic heterocycles. The molecule has 0 aromatic heterocycles. The zero-order valence-electron chi connectivity index (χ0n) is 11.7. The van der Waals surface area contributed by atoms with Crippen LogP contribution < -0.4 is 5.32 Å². The van der Waals surface area contributed by atoms with E-state index in [1.165, 1.54) is 20.0 Å². The van der Waals surface area contributed by atoms with Crippen molar-refractivity contribution in [1.82, 2.24) is 10.2 Å². The number of nitrogens with zero attached hydrogens (tertiary/aromatic N) is 1. The first-order valence-electron chi connectivity index (χ1n) is 6.64. The molecule has 5 heteroatoms. The second-order valence-corrected chi connectivity index (χ2v) is 5.63. The van der Waals surface area contributed by atoms with Gasteiger partial charge < -0.3 is 15.2 Å². The molecule has 0 aliphatic carbocycles. The Morgan fingerprint density at radius 2 is 2.28 bits per heavy atom. The SMILES string of the molecule is COC(=O)C(C)(C)CN(CCO)CC1CCCN1. The number of ether oxygens (including phenoxy) is 1. The number of carbonyl (C=O) groups is 1. The molecule has 0 aromatic rings. The lowest BCUT2D eigenvalue weighted by Gasteiger charge is -2.32. The van der Waals surface area contributed by atoms with Gasteiger partial charge in [-0.05, 0) is 33.2 Å². The molecule has 1 fully saturated rings. The van der Waals surface area contributed by atoms with Crippen molar-refractivity contribution in [1.29, 1.82) is 0 Å². The van der Waals surface area contributed by atoms with E-state index < -0.39 is 5.41 Å². The molecule has 1 atom stereocenters. The van der Waals surface area contributed by atoms with Crippen LogP contribution in [0.15, 0.2) is 0 Å². The standard InChI is InChI=1S/C13H26N2O3/c1-13(2,12(17)18-3)10-15(7-8-16)9-11-5-4-6-14-11/h11,14,16H,4-10H2,1-3H3. The topological polar surface area (TPSA) is 61.8 Å². The molecule has 0 spiro atoms. The molecule has 1 rings (SSSR count). The summed E-state index contributed by atoms with van der Waals surface area (Å²) in [5.74, 6) is -0.204. The van der Waals surface area contributed by atoms with Gasteiger partial charge in [-0.3, -0.25) is 9.69 Å². The van der Waals surface area contributed by atoms with Gasteiger partial charge in [-0.15, -0.1) is 0 Å². The van der Waals surface area contributed by atoms with Gasteiger partial charge in [-0.25, -0.2) is 0 Å². The summed E-state index contributed by atoms with van der Waals surface area (Å²) in [6, 6.07) is 0.477. The van der Waals surface area contributed by atoms with Crippen LogP contribution in [0.2, 0.25) is 0 Å². The zero-order chi connectivity index (χ0) is 13.6. The third-order valence-corrected chi connectivity index (χ3v) is 3.41. The lowest BCUT2D eigenvalue weighted by Crippen LogP contribution is -2.45. The number of hydrogen-bond donors (Lipinski definition) is 2. The van der Waals surface area contributed by atoms with E-state index in [0.717, 1.165) is 13.1 Å². The van der Waals surface area contributed by atoms with Gasteiger partial charge in [0.25, 0.3) is 0 Å². The van der Waals surface area contributed by atoms with Gasteiger partial charge in [0.2, 0.25) is 0 Å². The molecule has 1 saturated heterocycles. The number of rotatable bonds is 7.